The van der Waals surface area contributed by atoms with Crippen LogP contribution in [0, 0.1) is 0 Å². The molecule has 100 valence electrons. The van der Waals surface area contributed by atoms with Gasteiger partial charge in [0, 0.05) is 19.6 Å². The number of nitrogens with two attached hydrogens (primary N) is 1. The summed E-state index contributed by atoms with van der Waals surface area (Å²) >= 11 is 0. The molecular formula is C13H21N3O2. The number of ether oxygens (including phenoxy) is 1. The van der Waals surface area contributed by atoms with Crippen LogP contribution in [0.4, 0.5) is 4.79 Å². The Morgan fingerprint density at radius 3 is 2.44 bits per heavy atom. The van der Waals surface area contributed by atoms with Gasteiger partial charge >= 0.3 is 6.09 Å². The number of benzene rings is 1. The van der Waals surface area contributed by atoms with Crippen LogP contribution in [0.5, 0.6) is 0 Å². The Morgan fingerprint density at radius 1 is 1.28 bits per heavy atom. The van der Waals surface area contributed by atoms with Crippen molar-refractivity contribution in [2.45, 2.75) is 13.2 Å². The third kappa shape index (κ3) is 5.65. The van der Waals surface area contributed by atoms with Gasteiger partial charge in [-0.25, -0.2) is 4.79 Å². The highest BCUT2D eigenvalue weighted by Gasteiger charge is 2.02. The minimum Gasteiger partial charge on any atom is -0.445 e. The summed E-state index contributed by atoms with van der Waals surface area (Å²) in [5, 5.41) is 2.68. The predicted octanol–water partition coefficient (Wildman–Crippen LogP) is 0.933. The molecule has 1 aromatic rings. The number of rotatable bonds is 6. The van der Waals surface area contributed by atoms with Crippen LogP contribution >= 0.6 is 0 Å². The molecule has 0 bridgehead atoms. The summed E-state index contributed by atoms with van der Waals surface area (Å²) in [4.78, 5) is 13.3. The molecule has 0 radical (unpaired) electrons. The molecule has 1 rings (SSSR count). The van der Waals surface area contributed by atoms with Gasteiger partial charge in [-0.2, -0.15) is 0 Å². The zero-order valence-corrected chi connectivity index (χ0v) is 11.0. The molecule has 5 heteroatoms. The number of carbonyl (C=O) groups excluding carboxylic acids is 1. The summed E-state index contributed by atoms with van der Waals surface area (Å²) in [6.45, 7) is 2.17. The zero-order valence-electron chi connectivity index (χ0n) is 11.0. The van der Waals surface area contributed by atoms with Crippen LogP contribution in [-0.2, 0) is 17.9 Å². The van der Waals surface area contributed by atoms with E-state index in [9.17, 15) is 4.79 Å². The molecule has 0 aliphatic heterocycles. The van der Waals surface area contributed by atoms with E-state index in [1.807, 2.05) is 43.3 Å². The monoisotopic (exact) mass is 251 g/mol. The van der Waals surface area contributed by atoms with E-state index >= 15 is 0 Å². The second-order valence-electron chi connectivity index (χ2n) is 4.33. The first-order valence-corrected chi connectivity index (χ1v) is 5.95. The zero-order chi connectivity index (χ0) is 13.4. The van der Waals surface area contributed by atoms with Gasteiger partial charge in [-0.3, -0.25) is 0 Å². The molecule has 0 unspecified atom stereocenters. The van der Waals surface area contributed by atoms with Crippen molar-refractivity contribution < 1.29 is 9.53 Å². The summed E-state index contributed by atoms with van der Waals surface area (Å²) in [5.41, 5.74) is 7.52. The fourth-order valence-electron chi connectivity index (χ4n) is 1.35. The molecule has 3 N–H and O–H groups in total. The van der Waals surface area contributed by atoms with E-state index in [-0.39, 0.29) is 12.7 Å². The third-order valence-electron chi connectivity index (χ3n) is 2.46. The van der Waals surface area contributed by atoms with E-state index < -0.39 is 0 Å². The van der Waals surface area contributed by atoms with Gasteiger partial charge in [0.05, 0.1) is 0 Å². The van der Waals surface area contributed by atoms with Gasteiger partial charge in [0.2, 0.25) is 0 Å². The lowest BCUT2D eigenvalue weighted by atomic mass is 10.1. The Kier molecular flexibility index (Phi) is 6.18. The topological polar surface area (TPSA) is 67.6 Å². The van der Waals surface area contributed by atoms with Crippen LogP contribution in [0.1, 0.15) is 11.1 Å². The maximum absolute atomic E-state index is 11.3. The molecule has 0 spiro atoms. The average molecular weight is 251 g/mol. The number of alkyl carbamates (subject to hydrolysis) is 1. The molecule has 1 aromatic carbocycles. The number of hydrogen-bond acceptors (Lipinski definition) is 4. The lowest BCUT2D eigenvalue weighted by molar-refractivity contribution is 0.139. The minimum absolute atomic E-state index is 0.276. The first-order valence-electron chi connectivity index (χ1n) is 5.95. The molecule has 0 aromatic heterocycles. The fourth-order valence-corrected chi connectivity index (χ4v) is 1.35. The van der Waals surface area contributed by atoms with Crippen molar-refractivity contribution in [3.63, 3.8) is 0 Å². The van der Waals surface area contributed by atoms with E-state index in [0.717, 1.165) is 17.7 Å². The molecule has 5 nitrogen and oxygen atoms in total. The lowest BCUT2D eigenvalue weighted by Crippen LogP contribution is -2.31. The SMILES string of the molecule is CN(C)CCNC(=O)OCc1ccc(CN)cc1. The van der Waals surface area contributed by atoms with Crippen LogP contribution in [0.15, 0.2) is 24.3 Å². The molecule has 0 saturated carbocycles. The standard InChI is InChI=1S/C13H21N3O2/c1-16(2)8-7-15-13(17)18-10-12-5-3-11(9-14)4-6-12/h3-6H,7-10,14H2,1-2H3,(H,15,17). The maximum atomic E-state index is 11.3. The average Bonchev–Trinajstić information content (AvgIpc) is 2.36. The van der Waals surface area contributed by atoms with Crippen LogP contribution in [0.3, 0.4) is 0 Å². The number of nitrogens with zero attached hydrogens (tertiary/aromatic N) is 1. The Morgan fingerprint density at radius 2 is 1.89 bits per heavy atom. The van der Waals surface area contributed by atoms with E-state index in [0.29, 0.717) is 13.1 Å². The first kappa shape index (κ1) is 14.5. The predicted molar refractivity (Wildman–Crippen MR) is 71.1 cm³/mol. The van der Waals surface area contributed by atoms with Gasteiger partial charge in [0.25, 0.3) is 0 Å². The number of nitrogens with one attached hydrogen (secondary N) is 1. The second kappa shape index (κ2) is 7.68. The Bertz CT molecular complexity index is 363. The van der Waals surface area contributed by atoms with Crippen molar-refractivity contribution in [1.29, 1.82) is 0 Å². The number of carbonyl (C=O) groups is 1. The maximum Gasteiger partial charge on any atom is 0.407 e. The van der Waals surface area contributed by atoms with Crippen LogP contribution < -0.4 is 11.1 Å². The Hall–Kier alpha value is -1.59. The fraction of sp³-hybridized carbons (Fsp3) is 0.462. The summed E-state index contributed by atoms with van der Waals surface area (Å²) in [6, 6.07) is 7.69. The van der Waals surface area contributed by atoms with Gasteiger partial charge in [0.15, 0.2) is 0 Å². The molecule has 0 heterocycles. The largest absolute Gasteiger partial charge is 0.445 e. The van der Waals surface area contributed by atoms with Crippen LogP contribution in [-0.4, -0.2) is 38.2 Å². The summed E-state index contributed by atoms with van der Waals surface area (Å²) in [6.07, 6.45) is -0.389. The second-order valence-corrected chi connectivity index (χ2v) is 4.33. The smallest absolute Gasteiger partial charge is 0.407 e. The molecule has 18 heavy (non-hydrogen) atoms. The Balaban J connectivity index is 2.24. The molecule has 0 aliphatic rings. The van der Waals surface area contributed by atoms with E-state index in [1.165, 1.54) is 0 Å². The quantitative estimate of drug-likeness (QED) is 0.789. The summed E-state index contributed by atoms with van der Waals surface area (Å²) in [5.74, 6) is 0. The van der Waals surface area contributed by atoms with E-state index in [2.05, 4.69) is 5.32 Å². The summed E-state index contributed by atoms with van der Waals surface area (Å²) in [7, 11) is 3.90. The van der Waals surface area contributed by atoms with Crippen molar-refractivity contribution in [3.05, 3.63) is 35.4 Å². The van der Waals surface area contributed by atoms with Crippen molar-refractivity contribution in [1.82, 2.24) is 10.2 Å². The molecule has 0 fully saturated rings. The molecule has 0 atom stereocenters. The third-order valence-corrected chi connectivity index (χ3v) is 2.46. The van der Waals surface area contributed by atoms with Gasteiger partial charge in [-0.1, -0.05) is 24.3 Å². The van der Waals surface area contributed by atoms with Crippen molar-refractivity contribution in [3.8, 4) is 0 Å². The minimum atomic E-state index is -0.389. The molecular weight excluding hydrogens is 230 g/mol. The first-order chi connectivity index (χ1) is 8.61. The van der Waals surface area contributed by atoms with Gasteiger partial charge < -0.3 is 20.7 Å². The van der Waals surface area contributed by atoms with Gasteiger partial charge in [-0.05, 0) is 25.2 Å². The van der Waals surface area contributed by atoms with Crippen LogP contribution in [0.25, 0.3) is 0 Å². The van der Waals surface area contributed by atoms with E-state index in [4.69, 9.17) is 10.5 Å². The normalized spacial score (nSPS) is 10.4. The molecule has 1 amide bonds. The van der Waals surface area contributed by atoms with Gasteiger partial charge in [-0.15, -0.1) is 0 Å². The van der Waals surface area contributed by atoms with Crippen molar-refractivity contribution >= 4 is 6.09 Å². The van der Waals surface area contributed by atoms with Crippen LogP contribution in [0.2, 0.25) is 0 Å². The lowest BCUT2D eigenvalue weighted by Gasteiger charge is -2.10. The van der Waals surface area contributed by atoms with E-state index in [1.54, 1.807) is 0 Å². The molecule has 0 saturated heterocycles. The number of hydrogen-bond donors (Lipinski definition) is 2. The van der Waals surface area contributed by atoms with Crippen molar-refractivity contribution in [2.75, 3.05) is 27.2 Å². The number of amides is 1. The highest BCUT2D eigenvalue weighted by molar-refractivity contribution is 5.67. The van der Waals surface area contributed by atoms with Crippen molar-refractivity contribution in [2.24, 2.45) is 5.73 Å². The van der Waals surface area contributed by atoms with Gasteiger partial charge in [0.1, 0.15) is 6.61 Å². The highest BCUT2D eigenvalue weighted by atomic mass is 16.5. The summed E-state index contributed by atoms with van der Waals surface area (Å²) < 4.78 is 5.08. The number of likely N-dealkylation sites (N-methyl/N-ethyl adjacent to an activating group) is 1. The Labute approximate surface area is 108 Å². The highest BCUT2D eigenvalue weighted by Crippen LogP contribution is 2.05. The molecule has 0 aliphatic carbocycles.